The van der Waals surface area contributed by atoms with E-state index in [9.17, 15) is 4.91 Å². The summed E-state index contributed by atoms with van der Waals surface area (Å²) < 4.78 is 12.3. The summed E-state index contributed by atoms with van der Waals surface area (Å²) in [5, 5.41) is 3.23. The van der Waals surface area contributed by atoms with E-state index in [-0.39, 0.29) is 11.5 Å². The molecule has 5 heteroatoms. The first-order valence-corrected chi connectivity index (χ1v) is 10.6. The zero-order valence-corrected chi connectivity index (χ0v) is 16.9. The van der Waals surface area contributed by atoms with Crippen LogP contribution >= 0.6 is 11.8 Å². The van der Waals surface area contributed by atoms with Gasteiger partial charge in [0.2, 0.25) is 0 Å². The minimum Gasteiger partial charge on any atom is -0.492 e. The molecule has 0 bridgehead atoms. The Morgan fingerprint density at radius 2 is 2.11 bits per heavy atom. The highest BCUT2D eigenvalue weighted by molar-refractivity contribution is 7.99. The summed E-state index contributed by atoms with van der Waals surface area (Å²) in [5.41, 5.74) is 3.96. The summed E-state index contributed by atoms with van der Waals surface area (Å²) in [4.78, 5) is 12.2. The fourth-order valence-corrected chi connectivity index (χ4v) is 4.68. The molecule has 27 heavy (non-hydrogen) atoms. The maximum absolute atomic E-state index is 11.2. The Labute approximate surface area is 164 Å². The van der Waals surface area contributed by atoms with E-state index in [0.29, 0.717) is 12.3 Å². The van der Waals surface area contributed by atoms with Crippen LogP contribution in [0.2, 0.25) is 0 Å². The summed E-state index contributed by atoms with van der Waals surface area (Å²) in [6.45, 7) is 6.95. The molecule has 0 aromatic heterocycles. The molecule has 0 aliphatic carbocycles. The number of benzene rings is 2. The van der Waals surface area contributed by atoms with Crippen molar-refractivity contribution < 1.29 is 9.47 Å². The van der Waals surface area contributed by atoms with E-state index >= 15 is 0 Å². The Morgan fingerprint density at radius 3 is 2.89 bits per heavy atom. The predicted octanol–water partition coefficient (Wildman–Crippen LogP) is 6.02. The lowest BCUT2D eigenvalue weighted by molar-refractivity contribution is 0.0827. The fourth-order valence-electron chi connectivity index (χ4n) is 3.97. The van der Waals surface area contributed by atoms with Crippen LogP contribution < -0.4 is 9.47 Å². The van der Waals surface area contributed by atoms with Gasteiger partial charge in [-0.25, -0.2) is 0 Å². The van der Waals surface area contributed by atoms with Crippen LogP contribution in [0.4, 0.5) is 5.69 Å². The largest absolute Gasteiger partial charge is 0.492 e. The minimum atomic E-state index is -0.116. The average molecular weight is 384 g/mol. The third-order valence-corrected chi connectivity index (χ3v) is 6.36. The summed E-state index contributed by atoms with van der Waals surface area (Å²) in [5.74, 6) is 3.12. The molecule has 0 radical (unpaired) electrons. The van der Waals surface area contributed by atoms with E-state index in [4.69, 9.17) is 9.47 Å². The van der Waals surface area contributed by atoms with Gasteiger partial charge in [-0.15, -0.1) is 16.7 Å². The lowest BCUT2D eigenvalue weighted by atomic mass is 9.86. The topological polar surface area (TPSA) is 47.9 Å². The molecule has 2 aromatic carbocycles. The number of nitroso groups, excluding NO2 is 1. The molecule has 0 fully saturated rings. The maximum Gasteiger partial charge on any atom is 0.129 e. The smallest absolute Gasteiger partial charge is 0.129 e. The Kier molecular flexibility index (Phi) is 4.89. The second-order valence-electron chi connectivity index (χ2n) is 7.86. The van der Waals surface area contributed by atoms with Crippen molar-refractivity contribution in [1.82, 2.24) is 0 Å². The number of hydrogen-bond acceptors (Lipinski definition) is 5. The van der Waals surface area contributed by atoms with Gasteiger partial charge in [-0.1, -0.05) is 19.1 Å². The normalized spacial score (nSPS) is 20.0. The van der Waals surface area contributed by atoms with E-state index in [0.717, 1.165) is 47.0 Å². The molecule has 0 amide bonds. The number of ether oxygens (including phenoxy) is 2. The molecule has 4 rings (SSSR count). The van der Waals surface area contributed by atoms with Crippen molar-refractivity contribution in [2.24, 2.45) is 5.18 Å². The molecular formula is C22H25NO3S. The number of thioether (sulfide) groups is 1. The van der Waals surface area contributed by atoms with Crippen molar-refractivity contribution in [2.45, 2.75) is 56.4 Å². The third kappa shape index (κ3) is 3.57. The van der Waals surface area contributed by atoms with Crippen LogP contribution in [0.25, 0.3) is 0 Å². The molecule has 0 saturated carbocycles. The van der Waals surface area contributed by atoms with Crippen molar-refractivity contribution in [2.75, 3.05) is 12.4 Å². The molecule has 4 nitrogen and oxygen atoms in total. The Morgan fingerprint density at radius 1 is 1.26 bits per heavy atom. The van der Waals surface area contributed by atoms with Crippen LogP contribution in [0.3, 0.4) is 0 Å². The van der Waals surface area contributed by atoms with Gasteiger partial charge in [0.05, 0.1) is 6.61 Å². The molecule has 2 aliphatic heterocycles. The minimum absolute atomic E-state index is 0.116. The van der Waals surface area contributed by atoms with Crippen molar-refractivity contribution in [3.63, 3.8) is 0 Å². The van der Waals surface area contributed by atoms with Crippen LogP contribution in [0.1, 0.15) is 49.8 Å². The van der Waals surface area contributed by atoms with Crippen molar-refractivity contribution in [3.05, 3.63) is 51.9 Å². The molecule has 0 spiro atoms. The standard InChI is InChI=1S/C22H25NO3S/c1-4-27-20-8-6-14(12-18(20)23-24)16-11-15-5-7-19-17(21(15)25-13-16)9-10-22(2,3)26-19/h5-8,12,16H,4,9-11,13H2,1-3H3. The number of hydrogen-bond donors (Lipinski definition) is 0. The van der Waals surface area contributed by atoms with E-state index in [2.05, 4.69) is 44.1 Å². The summed E-state index contributed by atoms with van der Waals surface area (Å²) in [7, 11) is 0. The molecule has 2 heterocycles. The third-order valence-electron chi connectivity index (χ3n) is 5.41. The van der Waals surface area contributed by atoms with E-state index in [1.54, 1.807) is 11.8 Å². The molecular weight excluding hydrogens is 358 g/mol. The highest BCUT2D eigenvalue weighted by Gasteiger charge is 2.32. The van der Waals surface area contributed by atoms with Gasteiger partial charge in [-0.2, -0.15) is 0 Å². The first-order chi connectivity index (χ1) is 13.0. The number of rotatable bonds is 4. The predicted molar refractivity (Wildman–Crippen MR) is 110 cm³/mol. The first-order valence-electron chi connectivity index (χ1n) is 9.57. The lowest BCUT2D eigenvalue weighted by Crippen LogP contribution is -2.33. The maximum atomic E-state index is 11.2. The molecule has 142 valence electrons. The number of fused-ring (bicyclic) bond motifs is 3. The van der Waals surface area contributed by atoms with Gasteiger partial charge in [-0.05, 0) is 73.4 Å². The summed E-state index contributed by atoms with van der Waals surface area (Å²) in [6.07, 6.45) is 2.89. The highest BCUT2D eigenvalue weighted by Crippen LogP contribution is 2.44. The zero-order valence-electron chi connectivity index (χ0n) is 16.1. The van der Waals surface area contributed by atoms with Gasteiger partial charge in [-0.3, -0.25) is 0 Å². The van der Waals surface area contributed by atoms with Crippen LogP contribution in [0.5, 0.6) is 11.5 Å². The number of nitrogens with zero attached hydrogens (tertiary/aromatic N) is 1. The van der Waals surface area contributed by atoms with Gasteiger partial charge in [0.15, 0.2) is 0 Å². The van der Waals surface area contributed by atoms with Crippen LogP contribution in [-0.2, 0) is 12.8 Å². The van der Waals surface area contributed by atoms with Crippen LogP contribution in [-0.4, -0.2) is 18.0 Å². The highest BCUT2D eigenvalue weighted by atomic mass is 32.2. The van der Waals surface area contributed by atoms with Gasteiger partial charge in [0, 0.05) is 16.4 Å². The Balaban J connectivity index is 1.60. The Bertz CT molecular complexity index is 878. The zero-order chi connectivity index (χ0) is 19.0. The van der Waals surface area contributed by atoms with Crippen LogP contribution in [0, 0.1) is 4.91 Å². The van der Waals surface area contributed by atoms with E-state index in [1.807, 2.05) is 12.1 Å². The average Bonchev–Trinajstić information content (AvgIpc) is 2.67. The molecule has 0 N–H and O–H groups in total. The second-order valence-corrected chi connectivity index (χ2v) is 9.16. The van der Waals surface area contributed by atoms with Gasteiger partial charge < -0.3 is 9.47 Å². The monoisotopic (exact) mass is 383 g/mol. The molecule has 2 aliphatic rings. The van der Waals surface area contributed by atoms with Crippen molar-refractivity contribution in [1.29, 1.82) is 0 Å². The molecule has 2 aromatic rings. The molecule has 1 atom stereocenters. The summed E-state index contributed by atoms with van der Waals surface area (Å²) in [6, 6.07) is 10.3. The SMILES string of the molecule is CCSc1ccc(C2COc3c(ccc4c3CCC(C)(C)O4)C2)cc1N=O. The Hall–Kier alpha value is -2.01. The van der Waals surface area contributed by atoms with Crippen molar-refractivity contribution in [3.8, 4) is 11.5 Å². The second kappa shape index (κ2) is 7.19. The van der Waals surface area contributed by atoms with E-state index in [1.165, 1.54) is 11.1 Å². The molecule has 1 unspecified atom stereocenters. The van der Waals surface area contributed by atoms with Crippen molar-refractivity contribution >= 4 is 17.4 Å². The van der Waals surface area contributed by atoms with Gasteiger partial charge in [0.25, 0.3) is 0 Å². The van der Waals surface area contributed by atoms with Crippen LogP contribution in [0.15, 0.2) is 40.4 Å². The first kappa shape index (κ1) is 18.4. The van der Waals surface area contributed by atoms with Gasteiger partial charge >= 0.3 is 0 Å². The fraction of sp³-hybridized carbons (Fsp3) is 0.455. The van der Waals surface area contributed by atoms with E-state index < -0.39 is 0 Å². The lowest BCUT2D eigenvalue weighted by Gasteiger charge is -2.35. The molecule has 0 saturated heterocycles. The van der Waals surface area contributed by atoms with Gasteiger partial charge in [0.1, 0.15) is 22.8 Å². The summed E-state index contributed by atoms with van der Waals surface area (Å²) >= 11 is 1.65. The quantitative estimate of drug-likeness (QED) is 0.478.